The SMILES string of the molecule is CC(C)C(O)=CC(=O)C(C)OC(C)(C)C. The number of rotatable bonds is 4. The van der Waals surface area contributed by atoms with Crippen LogP contribution in [-0.4, -0.2) is 22.6 Å². The van der Waals surface area contributed by atoms with E-state index in [0.717, 1.165) is 0 Å². The van der Waals surface area contributed by atoms with E-state index < -0.39 is 6.10 Å². The lowest BCUT2D eigenvalue weighted by molar-refractivity contribution is -0.133. The van der Waals surface area contributed by atoms with E-state index in [0.29, 0.717) is 0 Å². The predicted molar refractivity (Wildman–Crippen MR) is 60.9 cm³/mol. The molecule has 0 saturated heterocycles. The van der Waals surface area contributed by atoms with E-state index in [1.165, 1.54) is 6.08 Å². The number of carbonyl (C=O) groups is 1. The van der Waals surface area contributed by atoms with Gasteiger partial charge in [0, 0.05) is 12.0 Å². The van der Waals surface area contributed by atoms with Crippen LogP contribution in [0.1, 0.15) is 41.5 Å². The number of hydrogen-bond acceptors (Lipinski definition) is 3. The van der Waals surface area contributed by atoms with Gasteiger partial charge in [0.15, 0.2) is 5.78 Å². The van der Waals surface area contributed by atoms with Gasteiger partial charge in [-0.2, -0.15) is 0 Å². The molecule has 88 valence electrons. The summed E-state index contributed by atoms with van der Waals surface area (Å²) in [6.45, 7) is 11.0. The van der Waals surface area contributed by atoms with Crippen molar-refractivity contribution in [2.45, 2.75) is 53.2 Å². The van der Waals surface area contributed by atoms with Crippen LogP contribution in [0.2, 0.25) is 0 Å². The molecular weight excluding hydrogens is 192 g/mol. The third-order valence-electron chi connectivity index (χ3n) is 1.81. The minimum Gasteiger partial charge on any atom is -0.512 e. The zero-order valence-electron chi connectivity index (χ0n) is 10.5. The first kappa shape index (κ1) is 14.2. The maximum atomic E-state index is 11.6. The molecule has 0 aromatic heterocycles. The van der Waals surface area contributed by atoms with E-state index in [-0.39, 0.29) is 23.1 Å². The molecule has 0 aromatic carbocycles. The van der Waals surface area contributed by atoms with Crippen molar-refractivity contribution >= 4 is 5.78 Å². The highest BCUT2D eigenvalue weighted by molar-refractivity contribution is 5.93. The van der Waals surface area contributed by atoms with Crippen molar-refractivity contribution in [2.75, 3.05) is 0 Å². The van der Waals surface area contributed by atoms with Crippen molar-refractivity contribution in [1.29, 1.82) is 0 Å². The number of ether oxygens (including phenoxy) is 1. The maximum absolute atomic E-state index is 11.6. The monoisotopic (exact) mass is 214 g/mol. The Labute approximate surface area is 92.1 Å². The third-order valence-corrected chi connectivity index (χ3v) is 1.81. The van der Waals surface area contributed by atoms with Gasteiger partial charge in [0.05, 0.1) is 11.4 Å². The Morgan fingerprint density at radius 2 is 1.73 bits per heavy atom. The van der Waals surface area contributed by atoms with Crippen LogP contribution in [0.5, 0.6) is 0 Å². The van der Waals surface area contributed by atoms with Crippen LogP contribution in [0.3, 0.4) is 0 Å². The molecule has 0 radical (unpaired) electrons. The summed E-state index contributed by atoms with van der Waals surface area (Å²) in [5, 5.41) is 9.43. The van der Waals surface area contributed by atoms with Crippen LogP contribution in [0, 0.1) is 5.92 Å². The van der Waals surface area contributed by atoms with Gasteiger partial charge in [-0.05, 0) is 27.7 Å². The average molecular weight is 214 g/mol. The van der Waals surface area contributed by atoms with Crippen molar-refractivity contribution in [3.63, 3.8) is 0 Å². The van der Waals surface area contributed by atoms with Crippen LogP contribution >= 0.6 is 0 Å². The number of hydrogen-bond donors (Lipinski definition) is 1. The smallest absolute Gasteiger partial charge is 0.187 e. The Morgan fingerprint density at radius 3 is 2.07 bits per heavy atom. The van der Waals surface area contributed by atoms with Gasteiger partial charge in [-0.3, -0.25) is 4.79 Å². The number of allylic oxidation sites excluding steroid dienone is 1. The van der Waals surface area contributed by atoms with E-state index in [9.17, 15) is 9.90 Å². The molecule has 0 spiro atoms. The Balaban J connectivity index is 4.41. The maximum Gasteiger partial charge on any atom is 0.187 e. The van der Waals surface area contributed by atoms with Gasteiger partial charge < -0.3 is 9.84 Å². The molecule has 0 aromatic rings. The van der Waals surface area contributed by atoms with Gasteiger partial charge in [-0.15, -0.1) is 0 Å². The average Bonchev–Trinajstić information content (AvgIpc) is 2.00. The van der Waals surface area contributed by atoms with E-state index >= 15 is 0 Å². The zero-order valence-corrected chi connectivity index (χ0v) is 10.5. The van der Waals surface area contributed by atoms with Crippen molar-refractivity contribution in [3.8, 4) is 0 Å². The fourth-order valence-electron chi connectivity index (χ4n) is 1.02. The first-order valence-electron chi connectivity index (χ1n) is 5.25. The van der Waals surface area contributed by atoms with Crippen LogP contribution < -0.4 is 0 Å². The third kappa shape index (κ3) is 6.28. The van der Waals surface area contributed by atoms with E-state index in [4.69, 9.17) is 4.74 Å². The summed E-state index contributed by atoms with van der Waals surface area (Å²) in [5.41, 5.74) is -0.351. The molecule has 1 N–H and O–H groups in total. The normalized spacial score (nSPS) is 15.5. The molecule has 0 aliphatic carbocycles. The van der Waals surface area contributed by atoms with Crippen molar-refractivity contribution in [1.82, 2.24) is 0 Å². The van der Waals surface area contributed by atoms with E-state index in [1.54, 1.807) is 6.92 Å². The summed E-state index contributed by atoms with van der Waals surface area (Å²) in [4.78, 5) is 11.6. The number of aliphatic hydroxyl groups is 1. The van der Waals surface area contributed by atoms with E-state index in [1.807, 2.05) is 34.6 Å². The summed E-state index contributed by atoms with van der Waals surface area (Å²) in [7, 11) is 0. The molecule has 0 saturated carbocycles. The van der Waals surface area contributed by atoms with Gasteiger partial charge in [0.25, 0.3) is 0 Å². The second-order valence-corrected chi connectivity index (χ2v) is 5.00. The Kier molecular flexibility index (Phi) is 5.01. The lowest BCUT2D eigenvalue weighted by Crippen LogP contribution is -2.30. The molecule has 0 fully saturated rings. The molecule has 0 bridgehead atoms. The topological polar surface area (TPSA) is 46.5 Å². The van der Waals surface area contributed by atoms with Gasteiger partial charge in [-0.1, -0.05) is 13.8 Å². The molecule has 0 aliphatic rings. The molecule has 1 unspecified atom stereocenters. The van der Waals surface area contributed by atoms with Gasteiger partial charge in [0.2, 0.25) is 0 Å². The molecule has 3 heteroatoms. The summed E-state index contributed by atoms with van der Waals surface area (Å²) in [6, 6.07) is 0. The van der Waals surface area contributed by atoms with Crippen LogP contribution in [0.25, 0.3) is 0 Å². The van der Waals surface area contributed by atoms with Gasteiger partial charge in [0.1, 0.15) is 6.10 Å². The molecule has 0 amide bonds. The second kappa shape index (κ2) is 5.31. The molecule has 0 rings (SSSR count). The van der Waals surface area contributed by atoms with Crippen molar-refractivity contribution in [2.24, 2.45) is 5.92 Å². The van der Waals surface area contributed by atoms with Crippen LogP contribution in [0.15, 0.2) is 11.8 Å². The molecule has 1 atom stereocenters. The fraction of sp³-hybridized carbons (Fsp3) is 0.750. The minimum atomic E-state index is -0.522. The highest BCUT2D eigenvalue weighted by Crippen LogP contribution is 2.13. The molecule has 0 aliphatic heterocycles. The predicted octanol–water partition coefficient (Wildman–Crippen LogP) is 2.86. The Bertz CT molecular complexity index is 246. The fourth-order valence-corrected chi connectivity index (χ4v) is 1.02. The summed E-state index contributed by atoms with van der Waals surface area (Å²) in [6.07, 6.45) is 0.729. The Morgan fingerprint density at radius 1 is 1.27 bits per heavy atom. The van der Waals surface area contributed by atoms with Crippen LogP contribution in [-0.2, 0) is 9.53 Å². The largest absolute Gasteiger partial charge is 0.512 e. The zero-order chi connectivity index (χ0) is 12.2. The van der Waals surface area contributed by atoms with Gasteiger partial charge >= 0.3 is 0 Å². The van der Waals surface area contributed by atoms with Crippen molar-refractivity contribution in [3.05, 3.63) is 11.8 Å². The molecule has 0 heterocycles. The van der Waals surface area contributed by atoms with Crippen molar-refractivity contribution < 1.29 is 14.6 Å². The molecule has 15 heavy (non-hydrogen) atoms. The summed E-state index contributed by atoms with van der Waals surface area (Å²) >= 11 is 0. The molecular formula is C12H22O3. The first-order chi connectivity index (χ1) is 6.63. The standard InChI is InChI=1S/C12H22O3/c1-8(2)10(13)7-11(14)9(3)15-12(4,5)6/h7-9,13H,1-6H3. The van der Waals surface area contributed by atoms with E-state index in [2.05, 4.69) is 0 Å². The van der Waals surface area contributed by atoms with Crippen LogP contribution in [0.4, 0.5) is 0 Å². The summed E-state index contributed by atoms with van der Waals surface area (Å²) in [5.74, 6) is -0.128. The minimum absolute atomic E-state index is 0.0317. The Hall–Kier alpha value is -0.830. The highest BCUT2D eigenvalue weighted by Gasteiger charge is 2.20. The number of carbonyl (C=O) groups excluding carboxylic acids is 1. The second-order valence-electron chi connectivity index (χ2n) is 5.00. The quantitative estimate of drug-likeness (QED) is 0.578. The first-order valence-corrected chi connectivity index (χ1v) is 5.25. The lowest BCUT2D eigenvalue weighted by atomic mass is 10.1. The molecule has 3 nitrogen and oxygen atoms in total. The lowest BCUT2D eigenvalue weighted by Gasteiger charge is -2.23. The van der Waals surface area contributed by atoms with Gasteiger partial charge in [-0.25, -0.2) is 0 Å². The summed E-state index contributed by atoms with van der Waals surface area (Å²) < 4.78 is 5.47. The number of ketones is 1. The highest BCUT2D eigenvalue weighted by atomic mass is 16.5. The number of aliphatic hydroxyl groups excluding tert-OH is 1.